The van der Waals surface area contributed by atoms with Crippen LogP contribution in [-0.2, 0) is 6.54 Å². The minimum absolute atomic E-state index is 0.152. The van der Waals surface area contributed by atoms with Crippen molar-refractivity contribution in [2.24, 2.45) is 0 Å². The van der Waals surface area contributed by atoms with E-state index in [4.69, 9.17) is 20.8 Å². The van der Waals surface area contributed by atoms with Gasteiger partial charge in [0.1, 0.15) is 22.5 Å². The van der Waals surface area contributed by atoms with E-state index in [0.29, 0.717) is 29.2 Å². The molecule has 0 aliphatic carbocycles. The highest BCUT2D eigenvalue weighted by molar-refractivity contribution is 6.28. The highest BCUT2D eigenvalue weighted by Gasteiger charge is 2.17. The lowest BCUT2D eigenvalue weighted by atomic mass is 10.2. The average molecular weight is 391 g/mol. The number of benzene rings is 2. The first-order chi connectivity index (χ1) is 13.7. The smallest absolute Gasteiger partial charge is 0.225 e. The maximum Gasteiger partial charge on any atom is 0.225 e. The van der Waals surface area contributed by atoms with Crippen LogP contribution in [0.3, 0.4) is 0 Å². The Labute approximate surface area is 165 Å². The molecule has 138 valence electrons. The van der Waals surface area contributed by atoms with Crippen LogP contribution in [0.15, 0.2) is 65.3 Å². The van der Waals surface area contributed by atoms with Gasteiger partial charge in [-0.3, -0.25) is 0 Å². The molecule has 28 heavy (non-hydrogen) atoms. The van der Waals surface area contributed by atoms with E-state index in [1.165, 1.54) is 0 Å². The van der Waals surface area contributed by atoms with E-state index in [1.807, 2.05) is 59.2 Å². The second-order valence-corrected chi connectivity index (χ2v) is 6.72. The molecule has 0 aliphatic heterocycles. The maximum atomic E-state index is 6.22. The SMILES string of the molecule is COc1ccc(Cn2cnc3c(-c4cc5ccccc5o4)nc(Cl)nc32)cc1. The first-order valence-corrected chi connectivity index (χ1v) is 9.09. The van der Waals surface area contributed by atoms with E-state index in [9.17, 15) is 0 Å². The molecule has 0 fully saturated rings. The Morgan fingerprint density at radius 1 is 1.07 bits per heavy atom. The Morgan fingerprint density at radius 2 is 1.89 bits per heavy atom. The molecule has 3 aromatic heterocycles. The molecule has 5 aromatic rings. The number of furan rings is 1. The van der Waals surface area contributed by atoms with Crippen LogP contribution in [0.4, 0.5) is 0 Å². The van der Waals surface area contributed by atoms with E-state index < -0.39 is 0 Å². The van der Waals surface area contributed by atoms with Crippen LogP contribution in [0.1, 0.15) is 5.56 Å². The van der Waals surface area contributed by atoms with Crippen molar-refractivity contribution in [2.45, 2.75) is 6.54 Å². The highest BCUT2D eigenvalue weighted by Crippen LogP contribution is 2.31. The fourth-order valence-electron chi connectivity index (χ4n) is 3.23. The number of aromatic nitrogens is 4. The summed E-state index contributed by atoms with van der Waals surface area (Å²) in [5.41, 5.74) is 3.78. The molecule has 3 heterocycles. The van der Waals surface area contributed by atoms with E-state index in [0.717, 1.165) is 22.3 Å². The van der Waals surface area contributed by atoms with Gasteiger partial charge in [-0.15, -0.1) is 0 Å². The molecule has 0 saturated carbocycles. The van der Waals surface area contributed by atoms with E-state index in [2.05, 4.69) is 15.0 Å². The maximum absolute atomic E-state index is 6.22. The lowest BCUT2D eigenvalue weighted by Gasteiger charge is -2.06. The van der Waals surface area contributed by atoms with Crippen molar-refractivity contribution in [2.75, 3.05) is 7.11 Å². The minimum Gasteiger partial charge on any atom is -0.497 e. The molecular weight excluding hydrogens is 376 g/mol. The topological polar surface area (TPSA) is 66.0 Å². The zero-order valence-corrected chi connectivity index (χ0v) is 15.7. The van der Waals surface area contributed by atoms with Crippen molar-refractivity contribution in [3.8, 4) is 17.2 Å². The predicted molar refractivity (Wildman–Crippen MR) is 108 cm³/mol. The van der Waals surface area contributed by atoms with Gasteiger partial charge >= 0.3 is 0 Å². The van der Waals surface area contributed by atoms with Gasteiger partial charge in [0.05, 0.1) is 20.0 Å². The number of rotatable bonds is 4. The number of imidazole rings is 1. The number of ether oxygens (including phenoxy) is 1. The number of hydrogen-bond donors (Lipinski definition) is 0. The normalized spacial score (nSPS) is 11.4. The Balaban J connectivity index is 1.59. The summed E-state index contributed by atoms with van der Waals surface area (Å²) in [4.78, 5) is 13.3. The Hall–Kier alpha value is -3.38. The number of nitrogens with zero attached hydrogens (tertiary/aromatic N) is 4. The molecule has 7 heteroatoms. The fraction of sp³-hybridized carbons (Fsp3) is 0.0952. The van der Waals surface area contributed by atoms with E-state index >= 15 is 0 Å². The molecule has 0 unspecified atom stereocenters. The van der Waals surface area contributed by atoms with Gasteiger partial charge in [0.25, 0.3) is 0 Å². The highest BCUT2D eigenvalue weighted by atomic mass is 35.5. The van der Waals surface area contributed by atoms with E-state index in [1.54, 1.807) is 13.4 Å². The van der Waals surface area contributed by atoms with Crippen LogP contribution in [-0.4, -0.2) is 26.6 Å². The second-order valence-electron chi connectivity index (χ2n) is 6.38. The van der Waals surface area contributed by atoms with Gasteiger partial charge in [-0.25, -0.2) is 9.97 Å². The first kappa shape index (κ1) is 16.8. The summed E-state index contributed by atoms with van der Waals surface area (Å²) < 4.78 is 13.1. The third-order valence-electron chi connectivity index (χ3n) is 4.61. The Bertz CT molecular complexity index is 1260. The number of fused-ring (bicyclic) bond motifs is 2. The van der Waals surface area contributed by atoms with Gasteiger partial charge in [-0.05, 0) is 41.4 Å². The number of methoxy groups -OCH3 is 1. The predicted octanol–water partition coefficient (Wildman–Crippen LogP) is 4.95. The number of halogens is 1. The second kappa shape index (κ2) is 6.65. The van der Waals surface area contributed by atoms with Crippen molar-refractivity contribution < 1.29 is 9.15 Å². The molecule has 5 rings (SSSR count). The van der Waals surface area contributed by atoms with Crippen molar-refractivity contribution in [1.82, 2.24) is 19.5 Å². The minimum atomic E-state index is 0.152. The van der Waals surface area contributed by atoms with Crippen LogP contribution < -0.4 is 4.74 Å². The largest absolute Gasteiger partial charge is 0.497 e. The quantitative estimate of drug-likeness (QED) is 0.406. The molecular formula is C21H15ClN4O2. The summed E-state index contributed by atoms with van der Waals surface area (Å²) in [6, 6.07) is 17.6. The van der Waals surface area contributed by atoms with Gasteiger partial charge < -0.3 is 13.7 Å². The Kier molecular flexibility index (Phi) is 3.98. The molecule has 0 saturated heterocycles. The Morgan fingerprint density at radius 3 is 2.68 bits per heavy atom. The molecule has 0 N–H and O–H groups in total. The molecule has 0 atom stereocenters. The fourth-order valence-corrected chi connectivity index (χ4v) is 3.40. The zero-order chi connectivity index (χ0) is 19.1. The van der Waals surface area contributed by atoms with Crippen LogP contribution in [0.2, 0.25) is 5.28 Å². The number of para-hydroxylation sites is 1. The van der Waals surface area contributed by atoms with Crippen LogP contribution in [0.25, 0.3) is 33.6 Å². The summed E-state index contributed by atoms with van der Waals surface area (Å²) in [5, 5.41) is 1.15. The summed E-state index contributed by atoms with van der Waals surface area (Å²) >= 11 is 6.22. The van der Waals surface area contributed by atoms with Crippen LogP contribution in [0.5, 0.6) is 5.75 Å². The van der Waals surface area contributed by atoms with Gasteiger partial charge in [-0.1, -0.05) is 30.3 Å². The molecule has 0 aliphatic rings. The lowest BCUT2D eigenvalue weighted by Crippen LogP contribution is -2.00. The first-order valence-electron chi connectivity index (χ1n) is 8.71. The third-order valence-corrected chi connectivity index (χ3v) is 4.78. The van der Waals surface area contributed by atoms with Gasteiger partial charge in [0, 0.05) is 5.39 Å². The third kappa shape index (κ3) is 2.88. The summed E-state index contributed by atoms with van der Waals surface area (Å²) in [7, 11) is 1.65. The molecule has 6 nitrogen and oxygen atoms in total. The van der Waals surface area contributed by atoms with Crippen molar-refractivity contribution in [1.29, 1.82) is 0 Å². The van der Waals surface area contributed by atoms with Crippen molar-refractivity contribution in [3.63, 3.8) is 0 Å². The van der Waals surface area contributed by atoms with Crippen LogP contribution >= 0.6 is 11.6 Å². The molecule has 2 aromatic carbocycles. The molecule has 0 spiro atoms. The van der Waals surface area contributed by atoms with Gasteiger partial charge in [-0.2, -0.15) is 4.98 Å². The average Bonchev–Trinajstić information content (AvgIpc) is 3.32. The summed E-state index contributed by atoms with van der Waals surface area (Å²) in [5.74, 6) is 1.43. The summed E-state index contributed by atoms with van der Waals surface area (Å²) in [6.07, 6.45) is 1.74. The summed E-state index contributed by atoms with van der Waals surface area (Å²) in [6.45, 7) is 0.605. The molecule has 0 radical (unpaired) electrons. The van der Waals surface area contributed by atoms with Crippen molar-refractivity contribution >= 4 is 33.7 Å². The standard InChI is InChI=1S/C21H15ClN4O2/c1-27-15-8-6-13(7-9-15)11-26-12-23-19-18(24-21(22)25-20(19)26)17-10-14-4-2-3-5-16(14)28-17/h2-10,12H,11H2,1H3. The zero-order valence-electron chi connectivity index (χ0n) is 15.0. The van der Waals surface area contributed by atoms with Crippen LogP contribution in [0, 0.1) is 0 Å². The van der Waals surface area contributed by atoms with Crippen molar-refractivity contribution in [3.05, 3.63) is 71.8 Å². The molecule has 0 bridgehead atoms. The van der Waals surface area contributed by atoms with Gasteiger partial charge in [0.2, 0.25) is 5.28 Å². The monoisotopic (exact) mass is 390 g/mol. The van der Waals surface area contributed by atoms with E-state index in [-0.39, 0.29) is 5.28 Å². The number of hydrogen-bond acceptors (Lipinski definition) is 5. The molecule has 0 amide bonds. The lowest BCUT2D eigenvalue weighted by molar-refractivity contribution is 0.414. The van der Waals surface area contributed by atoms with Gasteiger partial charge in [0.15, 0.2) is 11.4 Å².